The van der Waals surface area contributed by atoms with E-state index < -0.39 is 23.4 Å². The molecule has 0 aliphatic carbocycles. The van der Waals surface area contributed by atoms with Gasteiger partial charge in [0.25, 0.3) is 5.91 Å². The van der Waals surface area contributed by atoms with E-state index in [4.69, 9.17) is 9.15 Å². The number of hydrogen-bond donors (Lipinski definition) is 0. The minimum atomic E-state index is -0.991. The molecule has 1 aliphatic rings. The Morgan fingerprint density at radius 1 is 1.23 bits per heavy atom. The fourth-order valence-corrected chi connectivity index (χ4v) is 3.11. The van der Waals surface area contributed by atoms with Crippen LogP contribution in [0.15, 0.2) is 40.8 Å². The third-order valence-electron chi connectivity index (χ3n) is 4.57. The van der Waals surface area contributed by atoms with E-state index >= 15 is 0 Å². The number of para-hydroxylation sites is 1. The Morgan fingerprint density at radius 2 is 1.96 bits per heavy atom. The fraction of sp³-hybridized carbons (Fsp3) is 0.350. The molecular weight excluding hydrogens is 334 g/mol. The molecule has 1 aromatic carbocycles. The molecule has 6 nitrogen and oxygen atoms in total. The van der Waals surface area contributed by atoms with E-state index in [1.54, 1.807) is 19.2 Å². The highest BCUT2D eigenvalue weighted by Crippen LogP contribution is 2.25. The van der Waals surface area contributed by atoms with Crippen LogP contribution in [0.5, 0.6) is 5.75 Å². The summed E-state index contributed by atoms with van der Waals surface area (Å²) in [4.78, 5) is 38.2. The van der Waals surface area contributed by atoms with Crippen LogP contribution in [-0.4, -0.2) is 42.1 Å². The van der Waals surface area contributed by atoms with Crippen LogP contribution in [0.4, 0.5) is 0 Å². The van der Waals surface area contributed by atoms with Gasteiger partial charge in [-0.25, -0.2) is 0 Å². The predicted molar refractivity (Wildman–Crippen MR) is 94.2 cm³/mol. The van der Waals surface area contributed by atoms with E-state index in [1.165, 1.54) is 4.90 Å². The molecule has 0 bridgehead atoms. The molecule has 1 aliphatic heterocycles. The maximum atomic E-state index is 12.6. The molecule has 1 fully saturated rings. The van der Waals surface area contributed by atoms with Crippen LogP contribution in [0.25, 0.3) is 0 Å². The zero-order valence-electron chi connectivity index (χ0n) is 15.0. The zero-order valence-corrected chi connectivity index (χ0v) is 15.0. The summed E-state index contributed by atoms with van der Waals surface area (Å²) in [5.41, 5.74) is 0.932. The summed E-state index contributed by atoms with van der Waals surface area (Å²) < 4.78 is 11.0. The molecule has 26 heavy (non-hydrogen) atoms. The van der Waals surface area contributed by atoms with Crippen molar-refractivity contribution >= 4 is 17.5 Å². The number of rotatable bonds is 6. The highest BCUT2D eigenvalue weighted by molar-refractivity contribution is 6.43. The fourth-order valence-electron chi connectivity index (χ4n) is 3.11. The second-order valence-corrected chi connectivity index (χ2v) is 6.59. The van der Waals surface area contributed by atoms with Gasteiger partial charge >= 0.3 is 0 Å². The van der Waals surface area contributed by atoms with Gasteiger partial charge in [0, 0.05) is 24.6 Å². The molecule has 1 amide bonds. The van der Waals surface area contributed by atoms with Crippen LogP contribution >= 0.6 is 0 Å². The molecule has 6 heteroatoms. The van der Waals surface area contributed by atoms with Gasteiger partial charge in [0.2, 0.25) is 11.6 Å². The number of carbonyl (C=O) groups is 3. The first-order valence-electron chi connectivity index (χ1n) is 8.52. The Bertz CT molecular complexity index is 851. The largest absolute Gasteiger partial charge is 0.496 e. The van der Waals surface area contributed by atoms with Crippen molar-refractivity contribution in [3.05, 3.63) is 53.5 Å². The molecule has 1 aromatic heterocycles. The third kappa shape index (κ3) is 3.27. The number of methoxy groups -OCH3 is 1. The lowest BCUT2D eigenvalue weighted by Crippen LogP contribution is -2.33. The molecule has 1 atom stereocenters. The van der Waals surface area contributed by atoms with E-state index in [2.05, 4.69) is 0 Å². The maximum absolute atomic E-state index is 12.6. The minimum absolute atomic E-state index is 0.103. The third-order valence-corrected chi connectivity index (χ3v) is 4.57. The Labute approximate surface area is 151 Å². The lowest BCUT2D eigenvalue weighted by molar-refractivity contribution is -0.141. The summed E-state index contributed by atoms with van der Waals surface area (Å²) in [5, 5.41) is 0. The molecule has 2 heterocycles. The van der Waals surface area contributed by atoms with Gasteiger partial charge in [-0.3, -0.25) is 14.4 Å². The molecule has 1 saturated heterocycles. The summed E-state index contributed by atoms with van der Waals surface area (Å²) in [7, 11) is 1.60. The normalized spacial score (nSPS) is 17.2. The molecule has 0 saturated carbocycles. The average Bonchev–Trinajstić information content (AvgIpc) is 3.20. The lowest BCUT2D eigenvalue weighted by Gasteiger charge is -2.19. The van der Waals surface area contributed by atoms with Gasteiger partial charge in [0.1, 0.15) is 17.4 Å². The van der Waals surface area contributed by atoms with E-state index in [-0.39, 0.29) is 18.3 Å². The number of ketones is 2. The standard InChI is InChI=1S/C20H21NO5/c1-12(2)21-11-15(19(23)20(21)24)18(22)17-9-8-14(26-17)10-13-6-4-5-7-16(13)25-3/h4-9,12,15H,10-11H2,1-3H3. The van der Waals surface area contributed by atoms with Gasteiger partial charge in [-0.05, 0) is 32.0 Å². The molecule has 0 spiro atoms. The predicted octanol–water partition coefficient (Wildman–Crippen LogP) is 2.50. The molecule has 3 rings (SSSR count). The number of carbonyl (C=O) groups excluding carboxylic acids is 3. The van der Waals surface area contributed by atoms with Crippen LogP contribution in [0.1, 0.15) is 35.7 Å². The van der Waals surface area contributed by atoms with Gasteiger partial charge in [0.15, 0.2) is 5.76 Å². The summed E-state index contributed by atoms with van der Waals surface area (Å²) in [6, 6.07) is 10.7. The van der Waals surface area contributed by atoms with Crippen molar-refractivity contribution < 1.29 is 23.5 Å². The first-order chi connectivity index (χ1) is 12.4. The van der Waals surface area contributed by atoms with E-state index in [0.29, 0.717) is 12.2 Å². The SMILES string of the molecule is COc1ccccc1Cc1ccc(C(=O)C2CN(C(C)C)C(=O)C2=O)o1. The molecular formula is C20H21NO5. The van der Waals surface area contributed by atoms with E-state index in [9.17, 15) is 14.4 Å². The van der Waals surface area contributed by atoms with Crippen LogP contribution < -0.4 is 4.74 Å². The number of hydrogen-bond acceptors (Lipinski definition) is 5. The number of furan rings is 1. The van der Waals surface area contributed by atoms with Crippen LogP contribution in [0.3, 0.4) is 0 Å². The van der Waals surface area contributed by atoms with Crippen molar-refractivity contribution in [1.82, 2.24) is 4.90 Å². The first-order valence-corrected chi connectivity index (χ1v) is 8.52. The molecule has 0 radical (unpaired) electrons. The van der Waals surface area contributed by atoms with E-state index in [1.807, 2.05) is 38.1 Å². The smallest absolute Gasteiger partial charge is 0.291 e. The molecule has 2 aromatic rings. The highest BCUT2D eigenvalue weighted by Gasteiger charge is 2.44. The minimum Gasteiger partial charge on any atom is -0.496 e. The Morgan fingerprint density at radius 3 is 2.62 bits per heavy atom. The van der Waals surface area contributed by atoms with Crippen molar-refractivity contribution in [3.8, 4) is 5.75 Å². The van der Waals surface area contributed by atoms with Crippen LogP contribution in [-0.2, 0) is 16.0 Å². The monoisotopic (exact) mass is 355 g/mol. The highest BCUT2D eigenvalue weighted by atomic mass is 16.5. The first kappa shape index (κ1) is 17.9. The van der Waals surface area contributed by atoms with Gasteiger partial charge in [0.05, 0.1) is 7.11 Å². The maximum Gasteiger partial charge on any atom is 0.291 e. The van der Waals surface area contributed by atoms with Crippen molar-refractivity contribution in [2.45, 2.75) is 26.3 Å². The topological polar surface area (TPSA) is 76.8 Å². The molecule has 136 valence electrons. The van der Waals surface area contributed by atoms with Crippen molar-refractivity contribution in [2.24, 2.45) is 5.92 Å². The lowest BCUT2D eigenvalue weighted by atomic mass is 10.0. The van der Waals surface area contributed by atoms with Crippen LogP contribution in [0, 0.1) is 5.92 Å². The van der Waals surface area contributed by atoms with Crippen molar-refractivity contribution in [2.75, 3.05) is 13.7 Å². The molecule has 0 N–H and O–H groups in total. The van der Waals surface area contributed by atoms with Crippen molar-refractivity contribution in [1.29, 1.82) is 0 Å². The number of Topliss-reactive ketones (excluding diaryl/α,β-unsaturated/α-hetero) is 2. The zero-order chi connectivity index (χ0) is 18.8. The number of amides is 1. The second-order valence-electron chi connectivity index (χ2n) is 6.59. The number of likely N-dealkylation sites (tertiary alicyclic amines) is 1. The average molecular weight is 355 g/mol. The Balaban J connectivity index is 1.76. The van der Waals surface area contributed by atoms with Gasteiger partial charge in [-0.1, -0.05) is 18.2 Å². The Hall–Kier alpha value is -2.89. The van der Waals surface area contributed by atoms with Crippen LogP contribution in [0.2, 0.25) is 0 Å². The number of nitrogens with zero attached hydrogens (tertiary/aromatic N) is 1. The van der Waals surface area contributed by atoms with Crippen molar-refractivity contribution in [3.63, 3.8) is 0 Å². The summed E-state index contributed by atoms with van der Waals surface area (Å²) in [6.45, 7) is 3.74. The summed E-state index contributed by atoms with van der Waals surface area (Å²) in [5.74, 6) is -1.26. The summed E-state index contributed by atoms with van der Waals surface area (Å²) >= 11 is 0. The van der Waals surface area contributed by atoms with Gasteiger partial charge in [-0.15, -0.1) is 0 Å². The number of ether oxygens (including phenoxy) is 1. The Kier molecular flexibility index (Phi) is 4.93. The quantitative estimate of drug-likeness (QED) is 0.452. The number of benzene rings is 1. The van der Waals surface area contributed by atoms with Gasteiger partial charge < -0.3 is 14.1 Å². The second kappa shape index (κ2) is 7.15. The van der Waals surface area contributed by atoms with Gasteiger partial charge in [-0.2, -0.15) is 0 Å². The molecule has 1 unspecified atom stereocenters. The summed E-state index contributed by atoms with van der Waals surface area (Å²) in [6.07, 6.45) is 0.465. The van der Waals surface area contributed by atoms with E-state index in [0.717, 1.165) is 11.3 Å².